The fraction of sp³-hybridized carbons (Fsp3) is 0.647. The maximum Gasteiger partial charge on any atom is 0.0897 e. The lowest BCUT2D eigenvalue weighted by Gasteiger charge is -2.17. The minimum absolute atomic E-state index is 0.345. The fourth-order valence-corrected chi connectivity index (χ4v) is 2.22. The number of hydrogen-bond donors (Lipinski definition) is 2. The van der Waals surface area contributed by atoms with E-state index in [1.165, 1.54) is 19.3 Å². The topological polar surface area (TPSA) is 41.5 Å². The summed E-state index contributed by atoms with van der Waals surface area (Å²) >= 11 is 5.82. The van der Waals surface area contributed by atoms with Gasteiger partial charge in [0.2, 0.25) is 0 Å². The SMILES string of the molecule is CCCCCC(C)NCC(O)COCc1ccc(Cl)cc1. The molecule has 0 aliphatic heterocycles. The van der Waals surface area contributed by atoms with E-state index in [-0.39, 0.29) is 0 Å². The van der Waals surface area contributed by atoms with E-state index in [9.17, 15) is 5.11 Å². The molecule has 0 amide bonds. The van der Waals surface area contributed by atoms with Gasteiger partial charge in [-0.15, -0.1) is 0 Å². The molecule has 0 heterocycles. The number of halogens is 1. The molecule has 0 spiro atoms. The highest BCUT2D eigenvalue weighted by Gasteiger charge is 2.07. The molecule has 0 radical (unpaired) electrons. The molecule has 120 valence electrons. The number of rotatable bonds is 11. The second-order valence-electron chi connectivity index (χ2n) is 5.60. The third kappa shape index (κ3) is 9.10. The second-order valence-corrected chi connectivity index (χ2v) is 6.04. The standard InChI is InChI=1S/C17H28ClNO2/c1-3-4-5-6-14(2)19-11-17(20)13-21-12-15-7-9-16(18)10-8-15/h7-10,14,17,19-20H,3-6,11-13H2,1-2H3. The summed E-state index contributed by atoms with van der Waals surface area (Å²) in [4.78, 5) is 0. The van der Waals surface area contributed by atoms with E-state index in [1.54, 1.807) is 0 Å². The Bertz CT molecular complexity index is 370. The van der Waals surface area contributed by atoms with Gasteiger partial charge in [-0.25, -0.2) is 0 Å². The lowest BCUT2D eigenvalue weighted by atomic mass is 10.1. The van der Waals surface area contributed by atoms with Crippen LogP contribution in [0.4, 0.5) is 0 Å². The Hall–Kier alpha value is -0.610. The zero-order valence-electron chi connectivity index (χ0n) is 13.1. The van der Waals surface area contributed by atoms with E-state index in [0.29, 0.717) is 25.8 Å². The van der Waals surface area contributed by atoms with Gasteiger partial charge in [-0.1, -0.05) is 49.9 Å². The average Bonchev–Trinajstić information content (AvgIpc) is 2.47. The summed E-state index contributed by atoms with van der Waals surface area (Å²) in [5.74, 6) is 0. The van der Waals surface area contributed by atoms with Gasteiger partial charge in [-0.3, -0.25) is 0 Å². The molecule has 0 saturated carbocycles. The van der Waals surface area contributed by atoms with Crippen molar-refractivity contribution in [2.45, 2.75) is 58.3 Å². The van der Waals surface area contributed by atoms with Crippen molar-refractivity contribution >= 4 is 11.6 Å². The van der Waals surface area contributed by atoms with E-state index in [0.717, 1.165) is 17.0 Å². The molecule has 1 aromatic rings. The van der Waals surface area contributed by atoms with Crippen LogP contribution in [-0.2, 0) is 11.3 Å². The summed E-state index contributed by atoms with van der Waals surface area (Å²) in [6.07, 6.45) is 4.46. The summed E-state index contributed by atoms with van der Waals surface area (Å²) < 4.78 is 5.52. The summed E-state index contributed by atoms with van der Waals surface area (Å²) in [7, 11) is 0. The molecule has 3 nitrogen and oxygen atoms in total. The van der Waals surface area contributed by atoms with Crippen molar-refractivity contribution in [2.24, 2.45) is 0 Å². The van der Waals surface area contributed by atoms with Gasteiger partial charge in [0.1, 0.15) is 0 Å². The highest BCUT2D eigenvalue weighted by molar-refractivity contribution is 6.30. The Kier molecular flexibility index (Phi) is 9.68. The highest BCUT2D eigenvalue weighted by atomic mass is 35.5. The first-order valence-corrected chi connectivity index (χ1v) is 8.23. The van der Waals surface area contributed by atoms with Crippen LogP contribution in [0.15, 0.2) is 24.3 Å². The third-order valence-corrected chi connectivity index (χ3v) is 3.69. The van der Waals surface area contributed by atoms with E-state index in [1.807, 2.05) is 24.3 Å². The van der Waals surface area contributed by atoms with Crippen LogP contribution in [0.1, 0.15) is 45.1 Å². The molecule has 2 unspecified atom stereocenters. The van der Waals surface area contributed by atoms with Crippen molar-refractivity contribution < 1.29 is 9.84 Å². The van der Waals surface area contributed by atoms with Crippen LogP contribution in [0.5, 0.6) is 0 Å². The number of benzene rings is 1. The van der Waals surface area contributed by atoms with Crippen LogP contribution < -0.4 is 5.32 Å². The molecule has 2 atom stereocenters. The molecule has 2 N–H and O–H groups in total. The van der Waals surface area contributed by atoms with Crippen molar-refractivity contribution in [3.63, 3.8) is 0 Å². The van der Waals surface area contributed by atoms with Crippen molar-refractivity contribution in [3.05, 3.63) is 34.9 Å². The number of nitrogens with one attached hydrogen (secondary N) is 1. The van der Waals surface area contributed by atoms with Crippen molar-refractivity contribution in [1.29, 1.82) is 0 Å². The average molecular weight is 314 g/mol. The first kappa shape index (κ1) is 18.4. The van der Waals surface area contributed by atoms with Crippen LogP contribution in [0.3, 0.4) is 0 Å². The maximum atomic E-state index is 9.88. The van der Waals surface area contributed by atoms with Gasteiger partial charge >= 0.3 is 0 Å². The number of hydrogen-bond acceptors (Lipinski definition) is 3. The summed E-state index contributed by atoms with van der Waals surface area (Å²) in [5.41, 5.74) is 1.06. The van der Waals surface area contributed by atoms with Crippen LogP contribution in [0.2, 0.25) is 5.02 Å². The smallest absolute Gasteiger partial charge is 0.0897 e. The van der Waals surface area contributed by atoms with Crippen LogP contribution >= 0.6 is 11.6 Å². The summed E-state index contributed by atoms with van der Waals surface area (Å²) in [5, 5.41) is 14.0. The van der Waals surface area contributed by atoms with E-state index in [4.69, 9.17) is 16.3 Å². The van der Waals surface area contributed by atoms with Gasteiger partial charge in [0.05, 0.1) is 19.3 Å². The Morgan fingerprint density at radius 3 is 2.62 bits per heavy atom. The van der Waals surface area contributed by atoms with Gasteiger partial charge in [-0.2, -0.15) is 0 Å². The zero-order valence-corrected chi connectivity index (χ0v) is 13.9. The molecular formula is C17H28ClNO2. The van der Waals surface area contributed by atoms with E-state index < -0.39 is 6.10 Å². The van der Waals surface area contributed by atoms with Gasteiger partial charge in [0, 0.05) is 17.6 Å². The van der Waals surface area contributed by atoms with Gasteiger partial charge in [0.25, 0.3) is 0 Å². The summed E-state index contributed by atoms with van der Waals surface area (Å²) in [6.45, 7) is 5.79. The molecule has 0 aliphatic rings. The predicted octanol–water partition coefficient (Wildman–Crippen LogP) is 3.78. The zero-order chi connectivity index (χ0) is 15.5. The largest absolute Gasteiger partial charge is 0.389 e. The monoisotopic (exact) mass is 313 g/mol. The molecule has 0 saturated heterocycles. The van der Waals surface area contributed by atoms with E-state index >= 15 is 0 Å². The molecule has 21 heavy (non-hydrogen) atoms. The highest BCUT2D eigenvalue weighted by Crippen LogP contribution is 2.10. The molecule has 0 aromatic heterocycles. The van der Waals surface area contributed by atoms with Gasteiger partial charge in [-0.05, 0) is 31.0 Å². The van der Waals surface area contributed by atoms with Crippen LogP contribution in [0.25, 0.3) is 0 Å². The normalized spacial score (nSPS) is 14.1. The van der Waals surface area contributed by atoms with Crippen molar-refractivity contribution in [3.8, 4) is 0 Å². The molecular weight excluding hydrogens is 286 g/mol. The molecule has 0 fully saturated rings. The molecule has 4 heteroatoms. The molecule has 1 rings (SSSR count). The first-order valence-electron chi connectivity index (χ1n) is 7.85. The van der Waals surface area contributed by atoms with Crippen molar-refractivity contribution in [1.82, 2.24) is 5.32 Å². The Balaban J connectivity index is 2.08. The maximum absolute atomic E-state index is 9.88. The summed E-state index contributed by atoms with van der Waals surface area (Å²) in [6, 6.07) is 8.00. The number of aliphatic hydroxyl groups excluding tert-OH is 1. The molecule has 0 aliphatic carbocycles. The lowest BCUT2D eigenvalue weighted by Crippen LogP contribution is -2.35. The number of aliphatic hydroxyl groups is 1. The molecule has 0 bridgehead atoms. The third-order valence-electron chi connectivity index (χ3n) is 3.43. The fourth-order valence-electron chi connectivity index (χ4n) is 2.09. The lowest BCUT2D eigenvalue weighted by molar-refractivity contribution is 0.0277. The van der Waals surface area contributed by atoms with E-state index in [2.05, 4.69) is 19.2 Å². The Morgan fingerprint density at radius 2 is 1.95 bits per heavy atom. The van der Waals surface area contributed by atoms with Crippen LogP contribution in [-0.4, -0.2) is 30.4 Å². The minimum Gasteiger partial charge on any atom is -0.389 e. The number of ether oxygens (including phenoxy) is 1. The van der Waals surface area contributed by atoms with Gasteiger partial charge < -0.3 is 15.2 Å². The second kappa shape index (κ2) is 11.0. The molecule has 1 aromatic carbocycles. The predicted molar refractivity (Wildman–Crippen MR) is 88.7 cm³/mol. The van der Waals surface area contributed by atoms with Crippen LogP contribution in [0, 0.1) is 0 Å². The van der Waals surface area contributed by atoms with Crippen molar-refractivity contribution in [2.75, 3.05) is 13.2 Å². The van der Waals surface area contributed by atoms with Gasteiger partial charge in [0.15, 0.2) is 0 Å². The minimum atomic E-state index is -0.467. The first-order chi connectivity index (χ1) is 10.1. The number of unbranched alkanes of at least 4 members (excludes halogenated alkanes) is 2. The Labute approximate surface area is 133 Å². The quantitative estimate of drug-likeness (QED) is 0.611. The Morgan fingerprint density at radius 1 is 1.24 bits per heavy atom.